The van der Waals surface area contributed by atoms with Crippen LogP contribution >= 0.6 is 0 Å². The molecule has 0 aliphatic heterocycles. The van der Waals surface area contributed by atoms with E-state index in [0.29, 0.717) is 6.92 Å². The van der Waals surface area contributed by atoms with E-state index in [-0.39, 0.29) is 11.6 Å². The number of rotatable bonds is 5. The quantitative estimate of drug-likeness (QED) is 0.743. The molecule has 25 heavy (non-hydrogen) atoms. The molecule has 2 nitrogen and oxygen atoms in total. The molecule has 1 aromatic carbocycles. The first kappa shape index (κ1) is 20.8. The standard InChI is InChI=1S/C14H10F9NO/c1-8(25)24-10(7-9-5-3-2-4-6-9)11(15,16)12(17,18)13(19,20)14(21,22)23/h2-7H,1H3,(H,24,25)/b10-7-. The van der Waals surface area contributed by atoms with E-state index in [1.54, 1.807) is 0 Å². The zero-order valence-electron chi connectivity index (χ0n) is 12.3. The van der Waals surface area contributed by atoms with Crippen molar-refractivity contribution in [3.05, 3.63) is 41.6 Å². The first-order valence-corrected chi connectivity index (χ1v) is 6.39. The summed E-state index contributed by atoms with van der Waals surface area (Å²) >= 11 is 0. The second kappa shape index (κ2) is 6.60. The summed E-state index contributed by atoms with van der Waals surface area (Å²) in [6.07, 6.45) is -6.75. The molecule has 0 bridgehead atoms. The van der Waals surface area contributed by atoms with Crippen LogP contribution in [0.1, 0.15) is 12.5 Å². The Balaban J connectivity index is 3.51. The first-order valence-electron chi connectivity index (χ1n) is 6.39. The van der Waals surface area contributed by atoms with Gasteiger partial charge in [-0.1, -0.05) is 30.3 Å². The van der Waals surface area contributed by atoms with E-state index in [0.717, 1.165) is 12.1 Å². The fraction of sp³-hybridized carbons (Fsp3) is 0.357. The molecule has 140 valence electrons. The van der Waals surface area contributed by atoms with Gasteiger partial charge in [-0.3, -0.25) is 4.79 Å². The Bertz CT molecular complexity index is 650. The van der Waals surface area contributed by atoms with E-state index in [4.69, 9.17) is 0 Å². The highest BCUT2D eigenvalue weighted by Gasteiger charge is 2.82. The van der Waals surface area contributed by atoms with Crippen molar-refractivity contribution in [3.8, 4) is 0 Å². The van der Waals surface area contributed by atoms with Crippen LogP contribution in [0.25, 0.3) is 6.08 Å². The van der Waals surface area contributed by atoms with Gasteiger partial charge in [0.15, 0.2) is 0 Å². The summed E-state index contributed by atoms with van der Waals surface area (Å²) in [5, 5.41) is 1.19. The Morgan fingerprint density at radius 3 is 1.76 bits per heavy atom. The smallest absolute Gasteiger partial charge is 0.324 e. The van der Waals surface area contributed by atoms with Crippen LogP contribution < -0.4 is 5.32 Å². The van der Waals surface area contributed by atoms with Crippen LogP contribution in [0.5, 0.6) is 0 Å². The maximum atomic E-state index is 13.9. The van der Waals surface area contributed by atoms with E-state index >= 15 is 0 Å². The van der Waals surface area contributed by atoms with Crippen LogP contribution in [0, 0.1) is 0 Å². The number of benzene rings is 1. The van der Waals surface area contributed by atoms with Crippen molar-refractivity contribution in [2.75, 3.05) is 0 Å². The van der Waals surface area contributed by atoms with Gasteiger partial charge in [0.25, 0.3) is 0 Å². The number of allylic oxidation sites excluding steroid dienone is 1. The molecule has 0 saturated carbocycles. The van der Waals surface area contributed by atoms with Crippen molar-refractivity contribution in [1.29, 1.82) is 0 Å². The number of carbonyl (C=O) groups is 1. The van der Waals surface area contributed by atoms with Crippen molar-refractivity contribution >= 4 is 12.0 Å². The fourth-order valence-electron chi connectivity index (χ4n) is 1.66. The van der Waals surface area contributed by atoms with E-state index < -0.39 is 35.5 Å². The van der Waals surface area contributed by atoms with E-state index in [9.17, 15) is 44.3 Å². The molecule has 0 aliphatic rings. The maximum absolute atomic E-state index is 13.9. The van der Waals surface area contributed by atoms with Gasteiger partial charge in [-0.05, 0) is 11.6 Å². The predicted octanol–water partition coefficient (Wildman–Crippen LogP) is 4.63. The summed E-state index contributed by atoms with van der Waals surface area (Å²) < 4.78 is 117. The molecular weight excluding hydrogens is 369 g/mol. The van der Waals surface area contributed by atoms with E-state index in [1.165, 1.54) is 23.5 Å². The lowest BCUT2D eigenvalue weighted by atomic mass is 9.99. The number of carbonyl (C=O) groups excluding carboxylic acids is 1. The van der Waals surface area contributed by atoms with Gasteiger partial charge in [0, 0.05) is 6.92 Å². The van der Waals surface area contributed by atoms with Crippen LogP contribution in [0.2, 0.25) is 0 Å². The first-order chi connectivity index (χ1) is 11.1. The summed E-state index contributed by atoms with van der Waals surface area (Å²) in [5.74, 6) is -21.3. The molecule has 0 atom stereocenters. The Kier molecular flexibility index (Phi) is 5.50. The third-order valence-electron chi connectivity index (χ3n) is 2.90. The second-order valence-corrected chi connectivity index (χ2v) is 4.87. The Morgan fingerprint density at radius 2 is 1.36 bits per heavy atom. The monoisotopic (exact) mass is 379 g/mol. The second-order valence-electron chi connectivity index (χ2n) is 4.87. The molecule has 0 unspecified atom stereocenters. The van der Waals surface area contributed by atoms with E-state index in [1.807, 2.05) is 0 Å². The Labute approximate surface area is 135 Å². The lowest BCUT2D eigenvalue weighted by Gasteiger charge is -2.34. The minimum Gasteiger partial charge on any atom is -0.324 e. The van der Waals surface area contributed by atoms with Gasteiger partial charge in [0.1, 0.15) is 0 Å². The third-order valence-corrected chi connectivity index (χ3v) is 2.90. The third kappa shape index (κ3) is 3.90. The van der Waals surface area contributed by atoms with Crippen LogP contribution in [-0.2, 0) is 4.79 Å². The van der Waals surface area contributed by atoms with Gasteiger partial charge < -0.3 is 5.32 Å². The Morgan fingerprint density at radius 1 is 0.880 bits per heavy atom. The van der Waals surface area contributed by atoms with Crippen molar-refractivity contribution < 1.29 is 44.3 Å². The average molecular weight is 379 g/mol. The van der Waals surface area contributed by atoms with Gasteiger partial charge in [0.2, 0.25) is 5.91 Å². The zero-order valence-corrected chi connectivity index (χ0v) is 12.3. The van der Waals surface area contributed by atoms with Gasteiger partial charge in [-0.15, -0.1) is 0 Å². The highest BCUT2D eigenvalue weighted by molar-refractivity contribution is 5.77. The largest absolute Gasteiger partial charge is 0.460 e. The predicted molar refractivity (Wildman–Crippen MR) is 69.1 cm³/mol. The summed E-state index contributed by atoms with van der Waals surface area (Å²) in [6, 6.07) is 6.09. The number of nitrogens with one attached hydrogen (secondary N) is 1. The number of halogens is 9. The fourth-order valence-corrected chi connectivity index (χ4v) is 1.66. The molecule has 0 saturated heterocycles. The number of hydrogen-bond acceptors (Lipinski definition) is 1. The SMILES string of the molecule is CC(=O)N/C(=C\c1ccccc1)C(F)(F)C(F)(F)C(F)(F)C(F)(F)F. The molecule has 0 spiro atoms. The molecule has 1 amide bonds. The highest BCUT2D eigenvalue weighted by Crippen LogP contribution is 2.54. The van der Waals surface area contributed by atoms with Crippen molar-refractivity contribution in [3.63, 3.8) is 0 Å². The summed E-state index contributed by atoms with van der Waals surface area (Å²) in [7, 11) is 0. The lowest BCUT2D eigenvalue weighted by molar-refractivity contribution is -0.390. The number of amides is 1. The molecule has 0 heterocycles. The molecule has 0 radical (unpaired) electrons. The maximum Gasteiger partial charge on any atom is 0.460 e. The minimum absolute atomic E-state index is 0.182. The topological polar surface area (TPSA) is 29.1 Å². The van der Waals surface area contributed by atoms with Crippen molar-refractivity contribution in [2.24, 2.45) is 0 Å². The molecule has 0 fully saturated rings. The molecular formula is C14H10F9NO. The van der Waals surface area contributed by atoms with E-state index in [2.05, 4.69) is 0 Å². The highest BCUT2D eigenvalue weighted by atomic mass is 19.4. The normalized spacial score (nSPS) is 14.4. The minimum atomic E-state index is -7.04. The molecule has 11 heteroatoms. The van der Waals surface area contributed by atoms with Crippen LogP contribution in [0.4, 0.5) is 39.5 Å². The Hall–Kier alpha value is -2.20. The van der Waals surface area contributed by atoms with Gasteiger partial charge >= 0.3 is 23.9 Å². The number of hydrogen-bond donors (Lipinski definition) is 1. The zero-order chi connectivity index (χ0) is 19.7. The molecule has 0 aliphatic carbocycles. The van der Waals surface area contributed by atoms with Crippen molar-refractivity contribution in [1.82, 2.24) is 5.32 Å². The molecule has 1 N–H and O–H groups in total. The lowest BCUT2D eigenvalue weighted by Crippen LogP contribution is -2.62. The molecule has 1 aromatic rings. The van der Waals surface area contributed by atoms with Crippen LogP contribution in [0.3, 0.4) is 0 Å². The van der Waals surface area contributed by atoms with Gasteiger partial charge in [-0.2, -0.15) is 39.5 Å². The summed E-state index contributed by atoms with van der Waals surface area (Å²) in [4.78, 5) is 10.9. The molecule has 0 aromatic heterocycles. The van der Waals surface area contributed by atoms with Crippen LogP contribution in [0.15, 0.2) is 36.0 Å². The van der Waals surface area contributed by atoms with Crippen molar-refractivity contribution in [2.45, 2.75) is 30.9 Å². The van der Waals surface area contributed by atoms with Crippen LogP contribution in [-0.4, -0.2) is 29.9 Å². The molecule has 1 rings (SSSR count). The van der Waals surface area contributed by atoms with Gasteiger partial charge in [-0.25, -0.2) is 0 Å². The summed E-state index contributed by atoms with van der Waals surface area (Å²) in [6.45, 7) is 0.592. The van der Waals surface area contributed by atoms with Gasteiger partial charge in [0.05, 0.1) is 5.70 Å². The number of alkyl halides is 9. The summed E-state index contributed by atoms with van der Waals surface area (Å²) in [5.41, 5.74) is -2.34. The average Bonchev–Trinajstić information content (AvgIpc) is 2.45.